The number of guanidine groups is 1. The third-order valence-corrected chi connectivity index (χ3v) is 5.50. The molecule has 0 fully saturated rings. The molecule has 0 bridgehead atoms. The Morgan fingerprint density at radius 3 is 2.38 bits per heavy atom. The van der Waals surface area contributed by atoms with E-state index < -0.39 is 0 Å². The number of halogens is 1. The van der Waals surface area contributed by atoms with Crippen LogP contribution in [0, 0.1) is 0 Å². The van der Waals surface area contributed by atoms with Crippen molar-refractivity contribution in [3.05, 3.63) is 77.6 Å². The zero-order valence-corrected chi connectivity index (χ0v) is 20.9. The molecule has 2 N–H and O–H groups in total. The summed E-state index contributed by atoms with van der Waals surface area (Å²) in [5.41, 5.74) is 3.77. The average molecular weight is 561 g/mol. The van der Waals surface area contributed by atoms with E-state index in [-0.39, 0.29) is 24.0 Å². The minimum absolute atomic E-state index is 0. The highest BCUT2D eigenvalue weighted by molar-refractivity contribution is 14.0. The van der Waals surface area contributed by atoms with Crippen molar-refractivity contribution in [2.75, 3.05) is 14.2 Å². The van der Waals surface area contributed by atoms with E-state index >= 15 is 0 Å². The predicted octanol–water partition coefficient (Wildman–Crippen LogP) is 4.96. The van der Waals surface area contributed by atoms with E-state index in [1.54, 1.807) is 31.8 Å². The Morgan fingerprint density at radius 2 is 1.69 bits per heavy atom. The highest BCUT2D eigenvalue weighted by Gasteiger charge is 2.08. The van der Waals surface area contributed by atoms with Crippen molar-refractivity contribution in [1.82, 2.24) is 20.6 Å². The fourth-order valence-electron chi connectivity index (χ4n) is 2.93. The molecule has 0 radical (unpaired) electrons. The summed E-state index contributed by atoms with van der Waals surface area (Å²) < 4.78 is 10.8. The van der Waals surface area contributed by atoms with Crippen LogP contribution in [-0.4, -0.2) is 30.1 Å². The molecule has 2 heterocycles. The summed E-state index contributed by atoms with van der Waals surface area (Å²) in [6, 6.07) is 17.7. The van der Waals surface area contributed by atoms with E-state index in [9.17, 15) is 0 Å². The van der Waals surface area contributed by atoms with Gasteiger partial charge < -0.3 is 19.8 Å². The summed E-state index contributed by atoms with van der Waals surface area (Å²) >= 11 is 1.61. The van der Waals surface area contributed by atoms with Crippen LogP contribution in [0.1, 0.15) is 11.4 Å². The van der Waals surface area contributed by atoms with E-state index in [2.05, 4.69) is 20.6 Å². The van der Waals surface area contributed by atoms with Gasteiger partial charge in [-0.1, -0.05) is 18.2 Å². The number of oxazole rings is 1. The Hall–Kier alpha value is -2.92. The van der Waals surface area contributed by atoms with Crippen LogP contribution >= 0.6 is 35.3 Å². The van der Waals surface area contributed by atoms with Gasteiger partial charge in [0.1, 0.15) is 17.0 Å². The normalized spacial score (nSPS) is 11.0. The molecule has 4 aromatic rings. The fraction of sp³-hybridized carbons (Fsp3) is 0.174. The molecule has 9 heteroatoms. The minimum Gasteiger partial charge on any atom is -0.497 e. The number of aliphatic imine (C=N–C) groups is 1. The van der Waals surface area contributed by atoms with Gasteiger partial charge in [-0.3, -0.25) is 4.99 Å². The number of hydrogen-bond acceptors (Lipinski definition) is 6. The van der Waals surface area contributed by atoms with E-state index in [0.29, 0.717) is 24.9 Å². The third-order valence-electron chi connectivity index (χ3n) is 4.56. The van der Waals surface area contributed by atoms with Crippen molar-refractivity contribution in [2.45, 2.75) is 13.1 Å². The second-order valence-electron chi connectivity index (χ2n) is 6.66. The Kier molecular flexibility index (Phi) is 8.63. The first kappa shape index (κ1) is 23.7. The second-order valence-corrected chi connectivity index (χ2v) is 7.52. The van der Waals surface area contributed by atoms with E-state index in [1.165, 1.54) is 0 Å². The average Bonchev–Trinajstić information content (AvgIpc) is 3.50. The Bertz CT molecular complexity index is 1140. The maximum Gasteiger partial charge on any atom is 0.226 e. The quantitative estimate of drug-likeness (QED) is 0.189. The first-order chi connectivity index (χ1) is 15.2. The maximum absolute atomic E-state index is 5.58. The lowest BCUT2D eigenvalue weighted by molar-refractivity contribution is 0.415. The number of methoxy groups -OCH3 is 1. The van der Waals surface area contributed by atoms with Crippen molar-refractivity contribution in [1.29, 1.82) is 0 Å². The maximum atomic E-state index is 5.58. The summed E-state index contributed by atoms with van der Waals surface area (Å²) in [7, 11) is 3.39. The van der Waals surface area contributed by atoms with Gasteiger partial charge in [0.2, 0.25) is 5.89 Å². The molecule has 0 aliphatic rings. The molecule has 4 rings (SSSR count). The van der Waals surface area contributed by atoms with Crippen LogP contribution in [0.3, 0.4) is 0 Å². The number of ether oxygens (including phenoxy) is 1. The lowest BCUT2D eigenvalue weighted by Gasteiger charge is -2.09. The molecule has 2 aromatic heterocycles. The smallest absolute Gasteiger partial charge is 0.226 e. The van der Waals surface area contributed by atoms with Gasteiger partial charge in [-0.05, 0) is 36.4 Å². The molecule has 166 valence electrons. The van der Waals surface area contributed by atoms with Gasteiger partial charge in [-0.2, -0.15) is 0 Å². The first-order valence-corrected chi connectivity index (χ1v) is 10.7. The summed E-state index contributed by atoms with van der Waals surface area (Å²) in [5.74, 6) is 2.11. The number of rotatable bonds is 7. The molecular formula is C23H24IN5O2S. The fourth-order valence-corrected chi connectivity index (χ4v) is 3.75. The number of aromatic nitrogens is 2. The van der Waals surface area contributed by atoms with Gasteiger partial charge in [0, 0.05) is 23.6 Å². The molecule has 0 saturated heterocycles. The van der Waals surface area contributed by atoms with E-state index in [1.807, 2.05) is 60.0 Å². The molecule has 0 amide bonds. The van der Waals surface area contributed by atoms with Crippen molar-refractivity contribution < 1.29 is 9.15 Å². The molecular weight excluding hydrogens is 537 g/mol. The van der Waals surface area contributed by atoms with Crippen LogP contribution in [-0.2, 0) is 13.1 Å². The lowest BCUT2D eigenvalue weighted by Crippen LogP contribution is -2.36. The van der Waals surface area contributed by atoms with E-state index in [4.69, 9.17) is 14.1 Å². The van der Waals surface area contributed by atoms with Crippen LogP contribution in [0.2, 0.25) is 0 Å². The van der Waals surface area contributed by atoms with Gasteiger partial charge in [0.15, 0.2) is 5.96 Å². The summed E-state index contributed by atoms with van der Waals surface area (Å²) in [5, 5.41) is 9.55. The highest BCUT2D eigenvalue weighted by Crippen LogP contribution is 2.25. The monoisotopic (exact) mass is 561 g/mol. The molecule has 7 nitrogen and oxygen atoms in total. The van der Waals surface area contributed by atoms with Crippen molar-refractivity contribution >= 4 is 41.3 Å². The van der Waals surface area contributed by atoms with Gasteiger partial charge in [-0.15, -0.1) is 35.3 Å². The van der Waals surface area contributed by atoms with Crippen molar-refractivity contribution in [3.8, 4) is 27.8 Å². The summed E-state index contributed by atoms with van der Waals surface area (Å²) in [4.78, 5) is 13.5. The van der Waals surface area contributed by atoms with Gasteiger partial charge in [0.25, 0.3) is 0 Å². The number of benzene rings is 2. The highest BCUT2D eigenvalue weighted by atomic mass is 127. The van der Waals surface area contributed by atoms with E-state index in [0.717, 1.165) is 33.3 Å². The zero-order valence-electron chi connectivity index (χ0n) is 17.7. The SMILES string of the molecule is CN=C(NCc1coc(-c2ccccc2)n1)NCc1csc(-c2ccc(OC)cc2)n1.I. The number of nitrogens with zero attached hydrogens (tertiary/aromatic N) is 3. The Labute approximate surface area is 208 Å². The molecule has 0 atom stereocenters. The second kappa shape index (κ2) is 11.6. The molecule has 0 unspecified atom stereocenters. The van der Waals surface area contributed by atoms with Gasteiger partial charge in [0.05, 0.1) is 31.6 Å². The molecule has 0 aliphatic heterocycles. The van der Waals surface area contributed by atoms with Crippen LogP contribution in [0.4, 0.5) is 0 Å². The molecule has 0 aliphatic carbocycles. The Morgan fingerprint density at radius 1 is 0.969 bits per heavy atom. The third kappa shape index (κ3) is 6.07. The molecule has 32 heavy (non-hydrogen) atoms. The van der Waals surface area contributed by atoms with Crippen LogP contribution < -0.4 is 15.4 Å². The van der Waals surface area contributed by atoms with Crippen LogP contribution in [0.5, 0.6) is 5.75 Å². The van der Waals surface area contributed by atoms with Gasteiger partial charge >= 0.3 is 0 Å². The predicted molar refractivity (Wildman–Crippen MR) is 138 cm³/mol. The largest absolute Gasteiger partial charge is 0.497 e. The standard InChI is InChI=1S/C23H23N5O2S.HI/c1-24-23(25-12-18-14-30-21(27-18)16-6-4-3-5-7-16)26-13-19-15-31-22(28-19)17-8-10-20(29-2)11-9-17;/h3-11,14-15H,12-13H2,1-2H3,(H2,24,25,26);1H. The molecule has 0 spiro atoms. The Balaban J connectivity index is 0.00000289. The summed E-state index contributed by atoms with van der Waals surface area (Å²) in [6.07, 6.45) is 1.66. The van der Waals surface area contributed by atoms with Crippen LogP contribution in [0.25, 0.3) is 22.0 Å². The topological polar surface area (TPSA) is 84.6 Å². The van der Waals surface area contributed by atoms with Gasteiger partial charge in [-0.25, -0.2) is 9.97 Å². The van der Waals surface area contributed by atoms with Crippen molar-refractivity contribution in [2.24, 2.45) is 4.99 Å². The number of thiazole rings is 1. The first-order valence-electron chi connectivity index (χ1n) is 9.78. The molecule has 2 aromatic carbocycles. The zero-order chi connectivity index (χ0) is 21.5. The molecule has 0 saturated carbocycles. The lowest BCUT2D eigenvalue weighted by atomic mass is 10.2. The minimum atomic E-state index is 0. The number of nitrogens with one attached hydrogen (secondary N) is 2. The summed E-state index contributed by atoms with van der Waals surface area (Å²) in [6.45, 7) is 1.07. The number of hydrogen-bond donors (Lipinski definition) is 2. The van der Waals surface area contributed by atoms with Crippen molar-refractivity contribution in [3.63, 3.8) is 0 Å². The van der Waals surface area contributed by atoms with Crippen LogP contribution in [0.15, 0.2) is 75.7 Å².